The lowest BCUT2D eigenvalue weighted by Crippen LogP contribution is -2.29. The van der Waals surface area contributed by atoms with Crippen molar-refractivity contribution in [2.45, 2.75) is 26.2 Å². The van der Waals surface area contributed by atoms with Crippen LogP contribution in [0.4, 0.5) is 4.39 Å². The van der Waals surface area contributed by atoms with Gasteiger partial charge in [0.05, 0.1) is 0 Å². The van der Waals surface area contributed by atoms with Gasteiger partial charge in [-0.2, -0.15) is 0 Å². The molecule has 0 fully saturated rings. The largest absolute Gasteiger partial charge is 0.542 e. The lowest BCUT2D eigenvalue weighted by atomic mass is 10.2. The van der Waals surface area contributed by atoms with Crippen LogP contribution >= 0.6 is 0 Å². The molecule has 2 nitrogen and oxygen atoms in total. The van der Waals surface area contributed by atoms with Crippen LogP contribution in [0.3, 0.4) is 0 Å². The molecule has 0 spiro atoms. The smallest absolute Gasteiger partial charge is 0.242 e. The SMILES string of the molecule is C[Si](C)(C)Oc1ccc(CN)cc1F. The highest BCUT2D eigenvalue weighted by Crippen LogP contribution is 2.21. The van der Waals surface area contributed by atoms with E-state index in [9.17, 15) is 4.39 Å². The Hall–Kier alpha value is -0.873. The molecule has 0 atom stereocenters. The molecule has 0 aliphatic carbocycles. The number of hydrogen-bond acceptors (Lipinski definition) is 2. The van der Waals surface area contributed by atoms with Crippen LogP contribution in [0.25, 0.3) is 0 Å². The minimum absolute atomic E-state index is 0.324. The highest BCUT2D eigenvalue weighted by molar-refractivity contribution is 6.70. The Bertz CT molecular complexity index is 322. The first-order valence-electron chi connectivity index (χ1n) is 4.60. The second kappa shape index (κ2) is 4.10. The molecule has 78 valence electrons. The van der Waals surface area contributed by atoms with Gasteiger partial charge in [0.1, 0.15) is 5.75 Å². The van der Waals surface area contributed by atoms with E-state index in [4.69, 9.17) is 10.2 Å². The fraction of sp³-hybridized carbons (Fsp3) is 0.400. The van der Waals surface area contributed by atoms with E-state index in [2.05, 4.69) is 0 Å². The summed E-state index contributed by atoms with van der Waals surface area (Å²) in [6.07, 6.45) is 0. The van der Waals surface area contributed by atoms with Crippen LogP contribution in [0.2, 0.25) is 19.6 Å². The molecule has 0 heterocycles. The van der Waals surface area contributed by atoms with Gasteiger partial charge in [-0.25, -0.2) is 4.39 Å². The van der Waals surface area contributed by atoms with Gasteiger partial charge in [-0.1, -0.05) is 6.07 Å². The molecular weight excluding hydrogens is 197 g/mol. The number of hydrogen-bond donors (Lipinski definition) is 1. The molecule has 0 amide bonds. The Morgan fingerprint density at radius 2 is 2.00 bits per heavy atom. The van der Waals surface area contributed by atoms with Crippen LogP contribution in [-0.4, -0.2) is 8.32 Å². The van der Waals surface area contributed by atoms with Crippen molar-refractivity contribution in [3.63, 3.8) is 0 Å². The maximum atomic E-state index is 13.4. The molecule has 0 saturated heterocycles. The second-order valence-electron chi connectivity index (χ2n) is 4.18. The van der Waals surface area contributed by atoms with Gasteiger partial charge in [-0.05, 0) is 37.3 Å². The average molecular weight is 213 g/mol. The Labute approximate surface area is 85.0 Å². The molecular formula is C10H16FNOSi. The minimum atomic E-state index is -1.73. The van der Waals surface area contributed by atoms with Crippen molar-refractivity contribution in [3.05, 3.63) is 29.6 Å². The van der Waals surface area contributed by atoms with Crippen LogP contribution in [-0.2, 0) is 6.54 Å². The van der Waals surface area contributed by atoms with E-state index in [0.29, 0.717) is 12.3 Å². The zero-order chi connectivity index (χ0) is 10.8. The molecule has 0 bridgehead atoms. The molecule has 4 heteroatoms. The summed E-state index contributed by atoms with van der Waals surface area (Å²) in [5.41, 5.74) is 6.18. The van der Waals surface area contributed by atoms with Gasteiger partial charge in [0.15, 0.2) is 5.82 Å². The first kappa shape index (κ1) is 11.2. The zero-order valence-electron chi connectivity index (χ0n) is 8.80. The maximum absolute atomic E-state index is 13.4. The monoisotopic (exact) mass is 213 g/mol. The summed E-state index contributed by atoms with van der Waals surface area (Å²) in [4.78, 5) is 0. The molecule has 0 saturated carbocycles. The van der Waals surface area contributed by atoms with Gasteiger partial charge < -0.3 is 10.2 Å². The quantitative estimate of drug-likeness (QED) is 0.783. The van der Waals surface area contributed by atoms with E-state index in [1.807, 2.05) is 19.6 Å². The van der Waals surface area contributed by atoms with E-state index >= 15 is 0 Å². The van der Waals surface area contributed by atoms with Crippen molar-refractivity contribution < 1.29 is 8.82 Å². The highest BCUT2D eigenvalue weighted by Gasteiger charge is 2.18. The number of rotatable bonds is 3. The summed E-state index contributed by atoms with van der Waals surface area (Å²) in [6.45, 7) is 6.40. The van der Waals surface area contributed by atoms with Crippen LogP contribution in [0, 0.1) is 5.82 Å². The molecule has 0 aromatic heterocycles. The first-order valence-corrected chi connectivity index (χ1v) is 8.01. The lowest BCUT2D eigenvalue weighted by molar-refractivity contribution is 0.495. The van der Waals surface area contributed by atoms with Crippen LogP contribution < -0.4 is 10.2 Å². The highest BCUT2D eigenvalue weighted by atomic mass is 28.4. The fourth-order valence-corrected chi connectivity index (χ4v) is 1.91. The summed E-state index contributed by atoms with van der Waals surface area (Å²) in [7, 11) is -1.73. The van der Waals surface area contributed by atoms with Gasteiger partial charge in [0, 0.05) is 6.54 Å². The van der Waals surface area contributed by atoms with Crippen molar-refractivity contribution in [1.82, 2.24) is 0 Å². The fourth-order valence-electron chi connectivity index (χ4n) is 1.08. The third-order valence-corrected chi connectivity index (χ3v) is 2.48. The van der Waals surface area contributed by atoms with Gasteiger partial charge in [-0.3, -0.25) is 0 Å². The third-order valence-electron chi connectivity index (χ3n) is 1.65. The van der Waals surface area contributed by atoms with E-state index in [1.54, 1.807) is 12.1 Å². The number of nitrogens with two attached hydrogens (primary N) is 1. The number of halogens is 1. The molecule has 1 rings (SSSR count). The van der Waals surface area contributed by atoms with Crippen molar-refractivity contribution in [1.29, 1.82) is 0 Å². The molecule has 14 heavy (non-hydrogen) atoms. The number of benzene rings is 1. The Morgan fingerprint density at radius 1 is 1.36 bits per heavy atom. The van der Waals surface area contributed by atoms with Gasteiger partial charge in [0.2, 0.25) is 8.32 Å². The minimum Gasteiger partial charge on any atom is -0.542 e. The molecule has 0 radical (unpaired) electrons. The van der Waals surface area contributed by atoms with Crippen molar-refractivity contribution in [3.8, 4) is 5.75 Å². The van der Waals surface area contributed by atoms with E-state index in [1.165, 1.54) is 6.07 Å². The van der Waals surface area contributed by atoms with E-state index in [-0.39, 0.29) is 5.82 Å². The second-order valence-corrected chi connectivity index (χ2v) is 8.61. The summed E-state index contributed by atoms with van der Waals surface area (Å²) in [5.74, 6) is 0.0109. The average Bonchev–Trinajstić information content (AvgIpc) is 2.06. The standard InChI is InChI=1S/C10H16FNOSi/c1-14(2,3)13-10-5-4-8(7-12)6-9(10)11/h4-6H,7,12H2,1-3H3. The summed E-state index contributed by atoms with van der Waals surface area (Å²) < 4.78 is 19.0. The molecule has 0 aliphatic heterocycles. The third kappa shape index (κ3) is 3.12. The lowest BCUT2D eigenvalue weighted by Gasteiger charge is -2.19. The molecule has 1 aromatic rings. The van der Waals surface area contributed by atoms with Crippen molar-refractivity contribution in [2.24, 2.45) is 5.73 Å². The Kier molecular flexibility index (Phi) is 3.28. The molecule has 0 aliphatic rings. The zero-order valence-corrected chi connectivity index (χ0v) is 9.80. The normalized spacial score (nSPS) is 11.5. The van der Waals surface area contributed by atoms with Gasteiger partial charge >= 0.3 is 0 Å². The first-order chi connectivity index (χ1) is 6.42. The van der Waals surface area contributed by atoms with Crippen LogP contribution in [0.15, 0.2) is 18.2 Å². The van der Waals surface area contributed by atoms with E-state index < -0.39 is 8.32 Å². The molecule has 2 N–H and O–H groups in total. The predicted octanol–water partition coefficient (Wildman–Crippen LogP) is 2.50. The van der Waals surface area contributed by atoms with Gasteiger partial charge in [-0.15, -0.1) is 0 Å². The Morgan fingerprint density at radius 3 is 2.43 bits per heavy atom. The molecule has 1 aromatic carbocycles. The maximum Gasteiger partial charge on any atom is 0.242 e. The topological polar surface area (TPSA) is 35.2 Å². The Balaban J connectivity index is 2.89. The van der Waals surface area contributed by atoms with Crippen molar-refractivity contribution in [2.75, 3.05) is 0 Å². The molecule has 0 unspecified atom stereocenters. The predicted molar refractivity (Wildman–Crippen MR) is 58.3 cm³/mol. The van der Waals surface area contributed by atoms with Gasteiger partial charge in [0.25, 0.3) is 0 Å². The summed E-state index contributed by atoms with van der Waals surface area (Å²) >= 11 is 0. The van der Waals surface area contributed by atoms with Crippen LogP contribution in [0.1, 0.15) is 5.56 Å². The van der Waals surface area contributed by atoms with Crippen LogP contribution in [0.5, 0.6) is 5.75 Å². The summed E-state index contributed by atoms with van der Waals surface area (Å²) in [5, 5.41) is 0. The summed E-state index contributed by atoms with van der Waals surface area (Å²) in [6, 6.07) is 4.86. The van der Waals surface area contributed by atoms with E-state index in [0.717, 1.165) is 5.56 Å². The van der Waals surface area contributed by atoms with Crippen molar-refractivity contribution >= 4 is 8.32 Å².